The van der Waals surface area contributed by atoms with Crippen LogP contribution in [-0.2, 0) is 4.79 Å². The topological polar surface area (TPSA) is 84.4 Å². The number of carbonyl (C=O) groups is 1. The van der Waals surface area contributed by atoms with Gasteiger partial charge in [0.05, 0.1) is 0 Å². The van der Waals surface area contributed by atoms with Gasteiger partial charge in [0.1, 0.15) is 0 Å². The van der Waals surface area contributed by atoms with E-state index in [9.17, 15) is 4.79 Å². The Kier molecular flexibility index (Phi) is 11.4. The Balaban J connectivity index is 1.97. The molecule has 0 aromatic carbocycles. The molecule has 1 atom stereocenters. The highest BCUT2D eigenvalue weighted by Gasteiger charge is 2.15. The van der Waals surface area contributed by atoms with Gasteiger partial charge in [-0.05, 0) is 19.3 Å². The maximum Gasteiger partial charge on any atom is 0.220 e. The number of nitrogens with one attached hydrogen (secondary N) is 1. The van der Waals surface area contributed by atoms with Crippen LogP contribution >= 0.6 is 21.6 Å². The Morgan fingerprint density at radius 1 is 1.19 bits per heavy atom. The minimum absolute atomic E-state index is 0.170. The van der Waals surface area contributed by atoms with Gasteiger partial charge in [-0.15, -0.1) is 0 Å². The van der Waals surface area contributed by atoms with E-state index in [0.717, 1.165) is 37.7 Å². The molecule has 1 amide bonds. The molecule has 0 spiro atoms. The molecule has 1 saturated heterocycles. The van der Waals surface area contributed by atoms with Gasteiger partial charge in [0.2, 0.25) is 5.91 Å². The second-order valence-corrected chi connectivity index (χ2v) is 8.13. The van der Waals surface area contributed by atoms with Crippen molar-refractivity contribution in [1.82, 2.24) is 10.2 Å². The van der Waals surface area contributed by atoms with E-state index in [4.69, 9.17) is 11.5 Å². The van der Waals surface area contributed by atoms with Crippen LogP contribution in [0.15, 0.2) is 0 Å². The summed E-state index contributed by atoms with van der Waals surface area (Å²) in [5.41, 5.74) is 11.1. The second kappa shape index (κ2) is 12.6. The zero-order valence-electron chi connectivity index (χ0n) is 12.9. The molecule has 7 heteroatoms. The average Bonchev–Trinajstić information content (AvgIpc) is 2.97. The van der Waals surface area contributed by atoms with Crippen molar-refractivity contribution < 1.29 is 4.79 Å². The molecule has 1 unspecified atom stereocenters. The van der Waals surface area contributed by atoms with Crippen LogP contribution in [0.3, 0.4) is 0 Å². The summed E-state index contributed by atoms with van der Waals surface area (Å²) in [7, 11) is 4.00. The zero-order chi connectivity index (χ0) is 15.3. The number of amides is 1. The molecule has 1 aliphatic rings. The molecule has 0 radical (unpaired) electrons. The SMILES string of the molecule is NCCN(CCN)CCNC(=O)CCCCC1CCSS1. The molecule has 1 heterocycles. The summed E-state index contributed by atoms with van der Waals surface area (Å²) >= 11 is 0. The van der Waals surface area contributed by atoms with E-state index in [1.54, 1.807) is 0 Å². The van der Waals surface area contributed by atoms with E-state index in [2.05, 4.69) is 10.2 Å². The fourth-order valence-electron chi connectivity index (χ4n) is 2.36. The van der Waals surface area contributed by atoms with E-state index in [0.29, 0.717) is 26.1 Å². The van der Waals surface area contributed by atoms with Crippen LogP contribution in [0, 0.1) is 0 Å². The van der Waals surface area contributed by atoms with Crippen molar-refractivity contribution in [2.45, 2.75) is 37.4 Å². The minimum Gasteiger partial charge on any atom is -0.355 e. The first-order chi connectivity index (χ1) is 10.3. The van der Waals surface area contributed by atoms with Gasteiger partial charge in [0.25, 0.3) is 0 Å². The lowest BCUT2D eigenvalue weighted by molar-refractivity contribution is -0.121. The van der Waals surface area contributed by atoms with Gasteiger partial charge in [0, 0.05) is 56.7 Å². The first kappa shape index (κ1) is 19.1. The summed E-state index contributed by atoms with van der Waals surface area (Å²) < 4.78 is 0. The molecule has 0 aliphatic carbocycles. The summed E-state index contributed by atoms with van der Waals surface area (Å²) in [5, 5.41) is 3.81. The zero-order valence-corrected chi connectivity index (χ0v) is 14.5. The summed E-state index contributed by atoms with van der Waals surface area (Å²) in [6.45, 7) is 4.45. The normalized spacial score (nSPS) is 18.3. The summed E-state index contributed by atoms with van der Waals surface area (Å²) in [5.74, 6) is 1.46. The fraction of sp³-hybridized carbons (Fsp3) is 0.929. The number of carbonyl (C=O) groups excluding carboxylic acids is 1. The van der Waals surface area contributed by atoms with Crippen LogP contribution < -0.4 is 16.8 Å². The molecule has 124 valence electrons. The largest absolute Gasteiger partial charge is 0.355 e. The van der Waals surface area contributed by atoms with E-state index in [1.165, 1.54) is 18.6 Å². The molecule has 5 nitrogen and oxygen atoms in total. The van der Waals surface area contributed by atoms with Crippen LogP contribution in [0.2, 0.25) is 0 Å². The highest BCUT2D eigenvalue weighted by Crippen LogP contribution is 2.39. The van der Waals surface area contributed by atoms with E-state index < -0.39 is 0 Å². The lowest BCUT2D eigenvalue weighted by Gasteiger charge is -2.20. The maximum atomic E-state index is 11.7. The quantitative estimate of drug-likeness (QED) is 0.365. The van der Waals surface area contributed by atoms with Gasteiger partial charge in [-0.25, -0.2) is 0 Å². The Bertz CT molecular complexity index is 270. The predicted octanol–water partition coefficient (Wildman–Crippen LogP) is 1.04. The van der Waals surface area contributed by atoms with Gasteiger partial charge >= 0.3 is 0 Å². The van der Waals surface area contributed by atoms with Crippen LogP contribution in [0.25, 0.3) is 0 Å². The monoisotopic (exact) mass is 334 g/mol. The Hall–Kier alpha value is 0.0500. The van der Waals surface area contributed by atoms with E-state index in [1.807, 2.05) is 21.6 Å². The number of unbranched alkanes of at least 4 members (excludes halogenated alkanes) is 1. The Morgan fingerprint density at radius 2 is 1.95 bits per heavy atom. The van der Waals surface area contributed by atoms with Crippen molar-refractivity contribution >= 4 is 27.5 Å². The summed E-state index contributed by atoms with van der Waals surface area (Å²) in [4.78, 5) is 13.9. The number of nitrogens with zero attached hydrogens (tertiary/aromatic N) is 1. The lowest BCUT2D eigenvalue weighted by atomic mass is 10.1. The van der Waals surface area contributed by atoms with Gasteiger partial charge in [-0.3, -0.25) is 9.69 Å². The molecular weight excluding hydrogens is 304 g/mol. The lowest BCUT2D eigenvalue weighted by Crippen LogP contribution is -2.39. The molecule has 0 aromatic heterocycles. The van der Waals surface area contributed by atoms with Crippen molar-refractivity contribution in [1.29, 1.82) is 0 Å². The molecule has 0 saturated carbocycles. The smallest absolute Gasteiger partial charge is 0.220 e. The Morgan fingerprint density at radius 3 is 2.57 bits per heavy atom. The highest BCUT2D eigenvalue weighted by molar-refractivity contribution is 8.77. The van der Waals surface area contributed by atoms with Gasteiger partial charge in [0.15, 0.2) is 0 Å². The van der Waals surface area contributed by atoms with E-state index in [-0.39, 0.29) is 5.91 Å². The molecular formula is C14H30N4OS2. The van der Waals surface area contributed by atoms with Crippen molar-refractivity contribution in [3.05, 3.63) is 0 Å². The minimum atomic E-state index is 0.170. The molecule has 0 aromatic rings. The number of hydrogen-bond donors (Lipinski definition) is 3. The van der Waals surface area contributed by atoms with Crippen molar-refractivity contribution in [3.8, 4) is 0 Å². The second-order valence-electron chi connectivity index (χ2n) is 5.34. The standard InChI is InChI=1S/C14H30N4OS2/c15-6-9-18(10-7-16)11-8-17-14(19)4-2-1-3-13-5-12-20-21-13/h13H,1-12,15-16H2,(H,17,19). The molecule has 1 fully saturated rings. The van der Waals surface area contributed by atoms with Crippen LogP contribution in [-0.4, -0.2) is 61.1 Å². The molecule has 5 N–H and O–H groups in total. The van der Waals surface area contributed by atoms with Gasteiger partial charge < -0.3 is 16.8 Å². The van der Waals surface area contributed by atoms with E-state index >= 15 is 0 Å². The first-order valence-electron chi connectivity index (χ1n) is 7.93. The number of nitrogens with two attached hydrogens (primary N) is 2. The highest BCUT2D eigenvalue weighted by atomic mass is 33.1. The third kappa shape index (κ3) is 9.63. The number of hydrogen-bond acceptors (Lipinski definition) is 6. The molecule has 21 heavy (non-hydrogen) atoms. The van der Waals surface area contributed by atoms with Crippen molar-refractivity contribution in [2.75, 3.05) is 45.0 Å². The average molecular weight is 335 g/mol. The first-order valence-corrected chi connectivity index (χ1v) is 10.3. The van der Waals surface area contributed by atoms with Crippen LogP contribution in [0.5, 0.6) is 0 Å². The maximum absolute atomic E-state index is 11.7. The van der Waals surface area contributed by atoms with Crippen LogP contribution in [0.1, 0.15) is 32.1 Å². The van der Waals surface area contributed by atoms with Crippen molar-refractivity contribution in [2.24, 2.45) is 11.5 Å². The van der Waals surface area contributed by atoms with Gasteiger partial charge in [-0.2, -0.15) is 0 Å². The van der Waals surface area contributed by atoms with Gasteiger partial charge in [-0.1, -0.05) is 28.0 Å². The molecule has 0 bridgehead atoms. The molecule has 1 rings (SSSR count). The molecule has 1 aliphatic heterocycles. The third-order valence-corrected chi connectivity index (χ3v) is 6.55. The summed E-state index contributed by atoms with van der Waals surface area (Å²) in [6.07, 6.45) is 5.41. The summed E-state index contributed by atoms with van der Waals surface area (Å²) in [6, 6.07) is 0. The Labute approximate surface area is 136 Å². The fourth-order valence-corrected chi connectivity index (χ4v) is 5.39. The predicted molar refractivity (Wildman–Crippen MR) is 94.5 cm³/mol. The van der Waals surface area contributed by atoms with Crippen molar-refractivity contribution in [3.63, 3.8) is 0 Å². The third-order valence-electron chi connectivity index (χ3n) is 3.55. The van der Waals surface area contributed by atoms with Crippen LogP contribution in [0.4, 0.5) is 0 Å². The number of rotatable bonds is 12.